The van der Waals surface area contributed by atoms with E-state index in [1.54, 1.807) is 18.2 Å². The maximum Gasteiger partial charge on any atom is 0.232 e. The number of nitrogens with zero attached hydrogens (tertiary/aromatic N) is 6. The van der Waals surface area contributed by atoms with Crippen LogP contribution in [-0.4, -0.2) is 107 Å². The van der Waals surface area contributed by atoms with Crippen molar-refractivity contribution in [3.63, 3.8) is 0 Å². The van der Waals surface area contributed by atoms with Crippen LogP contribution in [0.4, 0.5) is 43.3 Å². The summed E-state index contributed by atoms with van der Waals surface area (Å²) < 4.78 is 68.6. The Labute approximate surface area is 274 Å². The van der Waals surface area contributed by atoms with Gasteiger partial charge < -0.3 is 29.9 Å². The molecule has 2 aromatic carbocycles. The Hall–Kier alpha value is -4.21. The van der Waals surface area contributed by atoms with Gasteiger partial charge in [0, 0.05) is 64.1 Å². The fourth-order valence-electron chi connectivity index (χ4n) is 6.17. The van der Waals surface area contributed by atoms with Gasteiger partial charge in [0.2, 0.25) is 16.0 Å². The number of sulfonamides is 1. The van der Waals surface area contributed by atoms with Crippen LogP contribution in [0.3, 0.4) is 0 Å². The summed E-state index contributed by atoms with van der Waals surface area (Å²) in [6, 6.07) is 6.83. The molecule has 252 valence electrons. The summed E-state index contributed by atoms with van der Waals surface area (Å²) >= 11 is 0. The number of halogens is 2. The van der Waals surface area contributed by atoms with Gasteiger partial charge in [0.15, 0.2) is 23.1 Å². The molecule has 0 atom stereocenters. The number of hydrogen-bond donors (Lipinski definition) is 2. The summed E-state index contributed by atoms with van der Waals surface area (Å²) in [5.41, 5.74) is 1.18. The zero-order valence-corrected chi connectivity index (χ0v) is 27.6. The average molecular weight is 671 g/mol. The van der Waals surface area contributed by atoms with Crippen molar-refractivity contribution in [2.45, 2.75) is 18.9 Å². The maximum atomic E-state index is 15.5. The van der Waals surface area contributed by atoms with Crippen molar-refractivity contribution in [3.8, 4) is 11.5 Å². The molecule has 0 bridgehead atoms. The number of piperazine rings is 1. The fourth-order valence-corrected chi connectivity index (χ4v) is 6.68. The molecule has 0 saturated carbocycles. The van der Waals surface area contributed by atoms with Crippen molar-refractivity contribution in [1.29, 1.82) is 0 Å². The largest absolute Gasteiger partial charge is 0.486 e. The lowest BCUT2D eigenvalue weighted by Crippen LogP contribution is -2.52. The molecule has 0 amide bonds. The van der Waals surface area contributed by atoms with Crippen LogP contribution < -0.4 is 29.3 Å². The predicted octanol–water partition coefficient (Wildman–Crippen LogP) is 4.27. The van der Waals surface area contributed by atoms with Crippen LogP contribution in [0.5, 0.6) is 11.5 Å². The topological polar surface area (TPSA) is 115 Å². The molecule has 3 aromatic rings. The first kappa shape index (κ1) is 32.7. The molecule has 3 aliphatic rings. The molecule has 47 heavy (non-hydrogen) atoms. The maximum absolute atomic E-state index is 15.5. The number of hydrogen-bond acceptors (Lipinski definition) is 11. The van der Waals surface area contributed by atoms with Crippen LogP contribution in [0.2, 0.25) is 0 Å². The van der Waals surface area contributed by atoms with Gasteiger partial charge in [-0.25, -0.2) is 22.2 Å². The quantitative estimate of drug-likeness (QED) is 0.340. The highest BCUT2D eigenvalue weighted by atomic mass is 32.2. The van der Waals surface area contributed by atoms with Crippen molar-refractivity contribution in [2.75, 3.05) is 92.7 Å². The fraction of sp³-hybridized carbons (Fsp3) is 0.438. The second-order valence-electron chi connectivity index (χ2n) is 12.0. The van der Waals surface area contributed by atoms with Gasteiger partial charge in [-0.3, -0.25) is 9.21 Å². The Morgan fingerprint density at radius 1 is 0.979 bits per heavy atom. The van der Waals surface area contributed by atoms with E-state index >= 15 is 8.78 Å². The van der Waals surface area contributed by atoms with Crippen molar-refractivity contribution in [2.24, 2.45) is 0 Å². The van der Waals surface area contributed by atoms with E-state index in [1.165, 1.54) is 25.4 Å². The second kappa shape index (κ2) is 13.5. The third kappa shape index (κ3) is 6.92. The van der Waals surface area contributed by atoms with Gasteiger partial charge in [0.25, 0.3) is 0 Å². The summed E-state index contributed by atoms with van der Waals surface area (Å²) in [5.74, 6) is -1.05. The Kier molecular flexibility index (Phi) is 9.39. The molecule has 2 saturated heterocycles. The molecule has 0 unspecified atom stereocenters. The third-order valence-electron chi connectivity index (χ3n) is 8.95. The Bertz CT molecular complexity index is 1750. The first-order chi connectivity index (χ1) is 22.5. The molecule has 3 aliphatic heterocycles. The van der Waals surface area contributed by atoms with E-state index in [0.717, 1.165) is 49.6 Å². The number of nitrogens with one attached hydrogen (secondary N) is 2. The molecular formula is C32H40F2N8O4S. The highest BCUT2D eigenvalue weighted by molar-refractivity contribution is 7.92. The molecule has 1 aromatic heterocycles. The SMILES string of the molecule is C=Cc1cnc(Nc2ccc(N3CCC(N4CCN(C)CC4)CC3)c(F)c2F)nc1Nc1ccc2c(c1N(C)S(C)(=O)=O)OCCO2. The smallest absolute Gasteiger partial charge is 0.232 e. The van der Waals surface area contributed by atoms with Gasteiger partial charge in [-0.15, -0.1) is 0 Å². The average Bonchev–Trinajstić information content (AvgIpc) is 3.07. The summed E-state index contributed by atoms with van der Waals surface area (Å²) in [4.78, 5) is 15.5. The third-order valence-corrected chi connectivity index (χ3v) is 10.1. The van der Waals surface area contributed by atoms with E-state index in [4.69, 9.17) is 9.47 Å². The summed E-state index contributed by atoms with van der Waals surface area (Å²) in [6.45, 7) is 9.86. The number of anilines is 6. The molecule has 15 heteroatoms. The van der Waals surface area contributed by atoms with Crippen molar-refractivity contribution in [1.82, 2.24) is 19.8 Å². The molecule has 4 heterocycles. The van der Waals surface area contributed by atoms with Crippen molar-refractivity contribution < 1.29 is 26.7 Å². The van der Waals surface area contributed by atoms with E-state index in [2.05, 4.69) is 44.0 Å². The Morgan fingerprint density at radius 2 is 1.68 bits per heavy atom. The molecule has 2 fully saturated rings. The highest BCUT2D eigenvalue weighted by Crippen LogP contribution is 2.46. The monoisotopic (exact) mass is 670 g/mol. The van der Waals surface area contributed by atoms with E-state index in [1.807, 2.05) is 4.90 Å². The number of likely N-dealkylation sites (N-methyl/N-ethyl adjacent to an activating group) is 1. The number of piperidine rings is 1. The van der Waals surface area contributed by atoms with Crippen LogP contribution in [0, 0.1) is 11.6 Å². The zero-order valence-electron chi connectivity index (χ0n) is 26.8. The Balaban J connectivity index is 1.21. The first-order valence-electron chi connectivity index (χ1n) is 15.6. The van der Waals surface area contributed by atoms with Gasteiger partial charge in [-0.1, -0.05) is 12.7 Å². The molecule has 2 N–H and O–H groups in total. The van der Waals surface area contributed by atoms with Crippen molar-refractivity contribution in [3.05, 3.63) is 54.2 Å². The number of aromatic nitrogens is 2. The van der Waals surface area contributed by atoms with Crippen molar-refractivity contribution >= 4 is 50.6 Å². The minimum absolute atomic E-state index is 0.00676. The lowest BCUT2D eigenvalue weighted by molar-refractivity contribution is 0.0981. The Morgan fingerprint density at radius 3 is 2.38 bits per heavy atom. The van der Waals surface area contributed by atoms with Crippen LogP contribution >= 0.6 is 0 Å². The van der Waals surface area contributed by atoms with E-state index in [0.29, 0.717) is 42.7 Å². The molecule has 0 aliphatic carbocycles. The highest BCUT2D eigenvalue weighted by Gasteiger charge is 2.30. The first-order valence-corrected chi connectivity index (χ1v) is 17.4. The molecule has 6 rings (SSSR count). The summed E-state index contributed by atoms with van der Waals surface area (Å²) in [6.07, 6.45) is 5.86. The van der Waals surface area contributed by atoms with Gasteiger partial charge in [-0.05, 0) is 44.2 Å². The molecule has 12 nitrogen and oxygen atoms in total. The predicted molar refractivity (Wildman–Crippen MR) is 180 cm³/mol. The van der Waals surface area contributed by atoms with Crippen LogP contribution in [-0.2, 0) is 10.0 Å². The van der Waals surface area contributed by atoms with Crippen LogP contribution in [0.15, 0.2) is 37.0 Å². The van der Waals surface area contributed by atoms with E-state index < -0.39 is 21.7 Å². The number of fused-ring (bicyclic) bond motifs is 1. The van der Waals surface area contributed by atoms with Crippen LogP contribution in [0.1, 0.15) is 18.4 Å². The van der Waals surface area contributed by atoms with Gasteiger partial charge in [0.1, 0.15) is 24.7 Å². The minimum atomic E-state index is -3.69. The minimum Gasteiger partial charge on any atom is -0.486 e. The van der Waals surface area contributed by atoms with Gasteiger partial charge in [0.05, 0.1) is 23.3 Å². The molecule has 0 spiro atoms. The van der Waals surface area contributed by atoms with E-state index in [9.17, 15) is 8.42 Å². The molecule has 0 radical (unpaired) electrons. The lowest BCUT2D eigenvalue weighted by Gasteiger charge is -2.42. The van der Waals surface area contributed by atoms with Gasteiger partial charge in [-0.2, -0.15) is 4.98 Å². The number of rotatable bonds is 9. The zero-order chi connectivity index (χ0) is 33.3. The second-order valence-corrected chi connectivity index (χ2v) is 14.0. The number of ether oxygens (including phenoxy) is 2. The van der Waals surface area contributed by atoms with Gasteiger partial charge >= 0.3 is 0 Å². The molecular weight excluding hydrogens is 630 g/mol. The van der Waals surface area contributed by atoms with Crippen LogP contribution in [0.25, 0.3) is 6.08 Å². The summed E-state index contributed by atoms with van der Waals surface area (Å²) in [7, 11) is -0.149. The summed E-state index contributed by atoms with van der Waals surface area (Å²) in [5, 5.41) is 5.94. The standard InChI is InChI=1S/C32H40F2N8O4S/c1-5-21-20-35-32(38-31(21)36-24-7-9-26-30(46-19-18-45-26)29(24)40(3)47(4,43)44)37-23-6-8-25(28(34)27(23)33)42-12-10-22(11-13-42)41-16-14-39(2)15-17-41/h5-9,20,22H,1,10-19H2,2-4H3,(H2,35,36,37,38). The lowest BCUT2D eigenvalue weighted by atomic mass is 10.0. The number of benzene rings is 2. The van der Waals surface area contributed by atoms with E-state index in [-0.39, 0.29) is 41.2 Å². The normalized spacial score (nSPS) is 17.8.